The predicted octanol–water partition coefficient (Wildman–Crippen LogP) is 3.23. The van der Waals surface area contributed by atoms with Gasteiger partial charge in [-0.3, -0.25) is 0 Å². The molecule has 2 fully saturated rings. The zero-order valence-corrected chi connectivity index (χ0v) is 12.0. The van der Waals surface area contributed by atoms with Gasteiger partial charge < -0.3 is 5.11 Å². The number of nitrogens with zero attached hydrogens (tertiary/aromatic N) is 1. The summed E-state index contributed by atoms with van der Waals surface area (Å²) in [6, 6.07) is 1.91. The normalized spacial score (nSPS) is 47.4. The first-order valence-corrected chi connectivity index (χ1v) is 7.72. The summed E-state index contributed by atoms with van der Waals surface area (Å²) in [5, 5.41) is 18.6. The van der Waals surface area contributed by atoms with Gasteiger partial charge in [0.25, 0.3) is 0 Å². The molecule has 0 radical (unpaired) electrons. The molecule has 0 bridgehead atoms. The summed E-state index contributed by atoms with van der Waals surface area (Å²) >= 11 is 2.49. The van der Waals surface area contributed by atoms with Crippen molar-refractivity contribution in [2.75, 3.05) is 0 Å². The summed E-state index contributed by atoms with van der Waals surface area (Å²) < 4.78 is 14.6. The smallest absolute Gasteiger partial charge is 0.119 e. The monoisotopic (exact) mass is 351 g/mol. The van der Waals surface area contributed by atoms with E-state index in [9.17, 15) is 9.50 Å². The molecule has 0 heterocycles. The van der Waals surface area contributed by atoms with Gasteiger partial charge in [0.2, 0.25) is 0 Å². The minimum atomic E-state index is -1.13. The molecule has 2 aliphatic rings. The average molecular weight is 351 g/mol. The Morgan fingerprint density at radius 1 is 1.12 bits per heavy atom. The van der Waals surface area contributed by atoms with Gasteiger partial charge in [-0.15, -0.1) is 0 Å². The van der Waals surface area contributed by atoms with Crippen LogP contribution < -0.4 is 0 Å². The molecule has 2 saturated carbocycles. The van der Waals surface area contributed by atoms with Crippen LogP contribution in [0.5, 0.6) is 0 Å². The van der Waals surface area contributed by atoms with E-state index in [2.05, 4.69) is 22.6 Å². The Morgan fingerprint density at radius 3 is 2.29 bits per heavy atom. The van der Waals surface area contributed by atoms with Crippen LogP contribution >= 0.6 is 22.6 Å². The van der Waals surface area contributed by atoms with Crippen LogP contribution in [0.3, 0.4) is 0 Å². The first kappa shape index (κ1) is 13.5. The number of aliphatic hydroxyl groups excluding tert-OH is 1. The topological polar surface area (TPSA) is 44.0 Å². The van der Waals surface area contributed by atoms with Gasteiger partial charge in [0.1, 0.15) is 12.1 Å². The van der Waals surface area contributed by atoms with Crippen LogP contribution in [0.4, 0.5) is 4.39 Å². The molecule has 4 heteroatoms. The molecule has 17 heavy (non-hydrogen) atoms. The third kappa shape index (κ3) is 3.11. The molecule has 0 spiro atoms. The van der Waals surface area contributed by atoms with Crippen LogP contribution in [0.2, 0.25) is 0 Å². The van der Waals surface area contributed by atoms with Gasteiger partial charge in [-0.2, -0.15) is 5.26 Å². The first-order valence-electron chi connectivity index (χ1n) is 6.47. The van der Waals surface area contributed by atoms with Gasteiger partial charge in [0, 0.05) is 3.92 Å². The zero-order chi connectivity index (χ0) is 12.4. The second-order valence-electron chi connectivity index (χ2n) is 5.48. The molecule has 4 unspecified atom stereocenters. The number of halogens is 2. The average Bonchev–Trinajstić information content (AvgIpc) is 2.29. The second kappa shape index (κ2) is 5.83. The van der Waals surface area contributed by atoms with Crippen molar-refractivity contribution in [2.45, 2.75) is 54.7 Å². The fraction of sp³-hybridized carbons (Fsp3) is 0.923. The first-order chi connectivity index (χ1) is 8.11. The SMILES string of the molecule is N#CC1C(O)CC(C2CCC(I)CC2)CC1F. The Bertz CT molecular complexity index is 286. The maximum absolute atomic E-state index is 13.8. The number of aliphatic hydroxyl groups is 1. The van der Waals surface area contributed by atoms with Crippen molar-refractivity contribution in [3.63, 3.8) is 0 Å². The number of alkyl halides is 2. The maximum atomic E-state index is 13.8. The fourth-order valence-electron chi connectivity index (χ4n) is 3.33. The van der Waals surface area contributed by atoms with Crippen molar-refractivity contribution in [3.8, 4) is 6.07 Å². The molecule has 2 aliphatic carbocycles. The summed E-state index contributed by atoms with van der Waals surface area (Å²) in [7, 11) is 0. The third-order valence-corrected chi connectivity index (χ3v) is 5.64. The van der Waals surface area contributed by atoms with Gasteiger partial charge in [-0.05, 0) is 50.4 Å². The second-order valence-corrected chi connectivity index (χ2v) is 7.24. The number of hydrogen-bond donors (Lipinski definition) is 1. The highest BCUT2D eigenvalue weighted by Gasteiger charge is 2.40. The Morgan fingerprint density at radius 2 is 1.76 bits per heavy atom. The van der Waals surface area contributed by atoms with Crippen molar-refractivity contribution in [3.05, 3.63) is 0 Å². The van der Waals surface area contributed by atoms with Crippen LogP contribution in [0, 0.1) is 29.1 Å². The molecule has 2 rings (SSSR count). The quantitative estimate of drug-likeness (QED) is 0.582. The van der Waals surface area contributed by atoms with Crippen molar-refractivity contribution in [1.29, 1.82) is 5.26 Å². The molecular formula is C13H19FINO. The highest BCUT2D eigenvalue weighted by molar-refractivity contribution is 14.1. The summed E-state index contributed by atoms with van der Waals surface area (Å²) in [4.78, 5) is 0. The van der Waals surface area contributed by atoms with Crippen LogP contribution in [-0.2, 0) is 0 Å². The summed E-state index contributed by atoms with van der Waals surface area (Å²) in [5.74, 6) is 0.0502. The van der Waals surface area contributed by atoms with Gasteiger partial charge in [-0.25, -0.2) is 4.39 Å². The minimum Gasteiger partial charge on any atom is -0.392 e. The number of rotatable bonds is 1. The van der Waals surface area contributed by atoms with Crippen molar-refractivity contribution in [2.24, 2.45) is 17.8 Å². The summed E-state index contributed by atoms with van der Waals surface area (Å²) in [6.07, 6.45) is 3.97. The highest BCUT2D eigenvalue weighted by Crippen LogP contribution is 2.42. The van der Waals surface area contributed by atoms with E-state index < -0.39 is 18.2 Å². The van der Waals surface area contributed by atoms with Gasteiger partial charge in [0.05, 0.1) is 12.2 Å². The maximum Gasteiger partial charge on any atom is 0.119 e. The van der Waals surface area contributed by atoms with Crippen molar-refractivity contribution < 1.29 is 9.50 Å². The molecule has 0 saturated heterocycles. The largest absolute Gasteiger partial charge is 0.392 e. The van der Waals surface area contributed by atoms with E-state index in [-0.39, 0.29) is 5.92 Å². The van der Waals surface area contributed by atoms with E-state index in [4.69, 9.17) is 5.26 Å². The lowest BCUT2D eigenvalue weighted by molar-refractivity contribution is -0.00314. The van der Waals surface area contributed by atoms with Gasteiger partial charge >= 0.3 is 0 Å². The van der Waals surface area contributed by atoms with Crippen LogP contribution in [0.25, 0.3) is 0 Å². The Hall–Kier alpha value is 0.110. The van der Waals surface area contributed by atoms with E-state index in [1.165, 1.54) is 12.8 Å². The molecule has 0 aromatic rings. The minimum absolute atomic E-state index is 0.286. The third-order valence-electron chi connectivity index (χ3n) is 4.39. The lowest BCUT2D eigenvalue weighted by atomic mass is 9.69. The summed E-state index contributed by atoms with van der Waals surface area (Å²) in [6.45, 7) is 0. The molecule has 2 nitrogen and oxygen atoms in total. The van der Waals surface area contributed by atoms with E-state index in [1.54, 1.807) is 0 Å². The van der Waals surface area contributed by atoms with Crippen LogP contribution in [0.15, 0.2) is 0 Å². The van der Waals surface area contributed by atoms with Crippen LogP contribution in [-0.4, -0.2) is 21.3 Å². The van der Waals surface area contributed by atoms with Crippen molar-refractivity contribution in [1.82, 2.24) is 0 Å². The Kier molecular flexibility index (Phi) is 4.65. The molecule has 96 valence electrons. The standard InChI is InChI=1S/C13H19FINO/c14-12-5-9(6-13(17)11(12)7-16)8-1-3-10(15)4-2-8/h8-13,17H,1-6H2. The summed E-state index contributed by atoms with van der Waals surface area (Å²) in [5.41, 5.74) is 0. The molecular weight excluding hydrogens is 332 g/mol. The molecule has 0 aromatic carbocycles. The number of hydrogen-bond acceptors (Lipinski definition) is 2. The van der Waals surface area contributed by atoms with E-state index in [1.807, 2.05) is 6.07 Å². The molecule has 0 aliphatic heterocycles. The van der Waals surface area contributed by atoms with Gasteiger partial charge in [0.15, 0.2) is 0 Å². The lowest BCUT2D eigenvalue weighted by Crippen LogP contribution is -2.40. The molecule has 0 amide bonds. The van der Waals surface area contributed by atoms with Crippen molar-refractivity contribution >= 4 is 22.6 Å². The Balaban J connectivity index is 1.93. The predicted molar refractivity (Wildman–Crippen MR) is 72.5 cm³/mol. The highest BCUT2D eigenvalue weighted by atomic mass is 127. The van der Waals surface area contributed by atoms with E-state index >= 15 is 0 Å². The fourth-order valence-corrected chi connectivity index (χ4v) is 4.05. The molecule has 0 aromatic heterocycles. The lowest BCUT2D eigenvalue weighted by Gasteiger charge is -2.39. The van der Waals surface area contributed by atoms with Crippen LogP contribution in [0.1, 0.15) is 38.5 Å². The van der Waals surface area contributed by atoms with Gasteiger partial charge in [-0.1, -0.05) is 22.6 Å². The molecule has 4 atom stereocenters. The zero-order valence-electron chi connectivity index (χ0n) is 9.86. The van der Waals surface area contributed by atoms with E-state index in [0.717, 1.165) is 16.8 Å². The molecule has 1 N–H and O–H groups in total. The Labute approximate surface area is 116 Å². The number of nitriles is 1. The van der Waals surface area contributed by atoms with E-state index in [0.29, 0.717) is 18.8 Å².